The van der Waals surface area contributed by atoms with Crippen LogP contribution >= 0.6 is 12.2 Å². The quantitative estimate of drug-likeness (QED) is 0.447. The summed E-state index contributed by atoms with van der Waals surface area (Å²) in [7, 11) is 0. The van der Waals surface area contributed by atoms with Crippen LogP contribution < -0.4 is 10.6 Å². The number of nitrogens with one attached hydrogen (secondary N) is 2. The molecule has 2 N–H and O–H groups in total. The lowest BCUT2D eigenvalue weighted by molar-refractivity contribution is -0.115. The van der Waals surface area contributed by atoms with E-state index in [0.29, 0.717) is 11.5 Å². The summed E-state index contributed by atoms with van der Waals surface area (Å²) in [6, 6.07) is 0.273. The van der Waals surface area contributed by atoms with Gasteiger partial charge in [0.15, 0.2) is 4.99 Å². The first-order valence-electron chi connectivity index (χ1n) is 2.79. The van der Waals surface area contributed by atoms with Crippen molar-refractivity contribution >= 4 is 23.1 Å². The maximum Gasteiger partial charge on any atom is 0.278 e. The average Bonchev–Trinajstić information content (AvgIpc) is 1.80. The molecule has 1 atom stereocenters. The van der Waals surface area contributed by atoms with E-state index in [1.807, 2.05) is 6.92 Å². The van der Waals surface area contributed by atoms with Gasteiger partial charge in [0.05, 0.1) is 0 Å². The van der Waals surface area contributed by atoms with Crippen LogP contribution in [0.15, 0.2) is 0 Å². The molecule has 0 saturated carbocycles. The molecule has 0 aromatic rings. The molecule has 9 heavy (non-hydrogen) atoms. The molecule has 50 valence electrons. The number of amides is 1. The predicted octanol–water partition coefficient (Wildman–Crippen LogP) is -0.578. The lowest BCUT2D eigenvalue weighted by Crippen LogP contribution is -2.53. The third-order valence-corrected chi connectivity index (χ3v) is 1.46. The summed E-state index contributed by atoms with van der Waals surface area (Å²) in [6.45, 7) is 2.63. The van der Waals surface area contributed by atoms with E-state index in [1.165, 1.54) is 0 Å². The molecule has 0 aromatic heterocycles. The van der Waals surface area contributed by atoms with Crippen molar-refractivity contribution in [3.63, 3.8) is 0 Å². The van der Waals surface area contributed by atoms with Crippen molar-refractivity contribution in [1.29, 1.82) is 0 Å². The van der Waals surface area contributed by atoms with Crippen molar-refractivity contribution in [3.05, 3.63) is 0 Å². The molecular weight excluding hydrogens is 136 g/mol. The Bertz CT molecular complexity index is 157. The monoisotopic (exact) mass is 144 g/mol. The highest BCUT2D eigenvalue weighted by atomic mass is 32.1. The van der Waals surface area contributed by atoms with Gasteiger partial charge in [0, 0.05) is 12.6 Å². The summed E-state index contributed by atoms with van der Waals surface area (Å²) in [5, 5.41) is 5.49. The fourth-order valence-corrected chi connectivity index (χ4v) is 0.940. The van der Waals surface area contributed by atoms with Gasteiger partial charge in [0.25, 0.3) is 5.91 Å². The normalized spacial score (nSPS) is 27.0. The Labute approximate surface area is 58.8 Å². The van der Waals surface area contributed by atoms with E-state index in [4.69, 9.17) is 0 Å². The SMILES string of the molecule is CC1CNC(=O)C(=S)N1. The summed E-state index contributed by atoms with van der Waals surface area (Å²) in [5.74, 6) is -0.164. The van der Waals surface area contributed by atoms with Gasteiger partial charge in [-0.1, -0.05) is 12.2 Å². The van der Waals surface area contributed by atoms with E-state index in [-0.39, 0.29) is 11.9 Å². The fraction of sp³-hybridized carbons (Fsp3) is 0.600. The number of carbonyl (C=O) groups is 1. The molecule has 3 nitrogen and oxygen atoms in total. The van der Waals surface area contributed by atoms with Gasteiger partial charge in [0.1, 0.15) is 0 Å². The van der Waals surface area contributed by atoms with Gasteiger partial charge in [0.2, 0.25) is 0 Å². The molecule has 1 amide bonds. The largest absolute Gasteiger partial charge is 0.368 e. The van der Waals surface area contributed by atoms with Crippen LogP contribution in [0, 0.1) is 0 Å². The lowest BCUT2D eigenvalue weighted by Gasteiger charge is -2.21. The van der Waals surface area contributed by atoms with Crippen LogP contribution in [0.5, 0.6) is 0 Å². The van der Waals surface area contributed by atoms with E-state index >= 15 is 0 Å². The Morgan fingerprint density at radius 2 is 2.44 bits per heavy atom. The predicted molar refractivity (Wildman–Crippen MR) is 38.2 cm³/mol. The number of hydrogen-bond donors (Lipinski definition) is 2. The minimum Gasteiger partial charge on any atom is -0.368 e. The summed E-state index contributed by atoms with van der Waals surface area (Å²) < 4.78 is 0. The van der Waals surface area contributed by atoms with Crippen molar-refractivity contribution < 1.29 is 4.79 Å². The molecule has 1 aliphatic heterocycles. The molecule has 1 rings (SSSR count). The van der Waals surface area contributed by atoms with Crippen LogP contribution in [0.2, 0.25) is 0 Å². The highest BCUT2D eigenvalue weighted by Gasteiger charge is 2.17. The van der Waals surface area contributed by atoms with Crippen LogP contribution in [-0.2, 0) is 4.79 Å². The molecule has 0 radical (unpaired) electrons. The van der Waals surface area contributed by atoms with E-state index in [2.05, 4.69) is 22.9 Å². The third kappa shape index (κ3) is 1.38. The van der Waals surface area contributed by atoms with Gasteiger partial charge < -0.3 is 10.6 Å². The van der Waals surface area contributed by atoms with Crippen LogP contribution in [0.3, 0.4) is 0 Å². The highest BCUT2D eigenvalue weighted by Crippen LogP contribution is 1.87. The summed E-state index contributed by atoms with van der Waals surface area (Å²) in [5.41, 5.74) is 0. The molecule has 0 aromatic carbocycles. The van der Waals surface area contributed by atoms with E-state index in [9.17, 15) is 4.79 Å². The van der Waals surface area contributed by atoms with Gasteiger partial charge in [-0.25, -0.2) is 0 Å². The average molecular weight is 144 g/mol. The fourth-order valence-electron chi connectivity index (χ4n) is 0.666. The topological polar surface area (TPSA) is 41.1 Å². The van der Waals surface area contributed by atoms with Gasteiger partial charge >= 0.3 is 0 Å². The molecule has 0 spiro atoms. The van der Waals surface area contributed by atoms with Crippen LogP contribution in [0.4, 0.5) is 0 Å². The molecule has 1 unspecified atom stereocenters. The van der Waals surface area contributed by atoms with Gasteiger partial charge in [-0.2, -0.15) is 0 Å². The van der Waals surface area contributed by atoms with Crippen LogP contribution in [-0.4, -0.2) is 23.5 Å². The summed E-state index contributed by atoms with van der Waals surface area (Å²) >= 11 is 4.68. The zero-order valence-electron chi connectivity index (χ0n) is 5.10. The maximum absolute atomic E-state index is 10.6. The van der Waals surface area contributed by atoms with E-state index in [1.54, 1.807) is 0 Å². The zero-order valence-corrected chi connectivity index (χ0v) is 5.92. The van der Waals surface area contributed by atoms with Gasteiger partial charge in [-0.3, -0.25) is 4.79 Å². The third-order valence-electron chi connectivity index (χ3n) is 1.15. The van der Waals surface area contributed by atoms with Gasteiger partial charge in [-0.05, 0) is 6.92 Å². The summed E-state index contributed by atoms with van der Waals surface area (Å²) in [6.07, 6.45) is 0. The van der Waals surface area contributed by atoms with Crippen molar-refractivity contribution in [2.45, 2.75) is 13.0 Å². The van der Waals surface area contributed by atoms with E-state index < -0.39 is 0 Å². The maximum atomic E-state index is 10.6. The number of hydrogen-bond acceptors (Lipinski definition) is 2. The second kappa shape index (κ2) is 2.31. The van der Waals surface area contributed by atoms with Crippen LogP contribution in [0.25, 0.3) is 0 Å². The Morgan fingerprint density at radius 1 is 1.78 bits per heavy atom. The second-order valence-electron chi connectivity index (χ2n) is 2.08. The Hall–Kier alpha value is -0.640. The van der Waals surface area contributed by atoms with Crippen molar-refractivity contribution in [1.82, 2.24) is 10.6 Å². The van der Waals surface area contributed by atoms with Crippen molar-refractivity contribution in [2.24, 2.45) is 0 Å². The summed E-state index contributed by atoms with van der Waals surface area (Å²) in [4.78, 5) is 10.9. The lowest BCUT2D eigenvalue weighted by atomic mass is 10.3. The molecule has 1 saturated heterocycles. The first-order chi connectivity index (χ1) is 4.20. The minimum atomic E-state index is -0.164. The number of carbonyl (C=O) groups excluding carboxylic acids is 1. The smallest absolute Gasteiger partial charge is 0.278 e. The Kier molecular flexibility index (Phi) is 1.66. The number of thiocarbonyl (C=S) groups is 1. The number of piperazine rings is 1. The molecule has 0 aliphatic carbocycles. The first-order valence-corrected chi connectivity index (χ1v) is 3.19. The van der Waals surface area contributed by atoms with Crippen LogP contribution in [0.1, 0.15) is 6.92 Å². The highest BCUT2D eigenvalue weighted by molar-refractivity contribution is 7.82. The van der Waals surface area contributed by atoms with Crippen molar-refractivity contribution in [3.8, 4) is 0 Å². The second-order valence-corrected chi connectivity index (χ2v) is 2.49. The molecule has 1 aliphatic rings. The minimum absolute atomic E-state index is 0.164. The zero-order chi connectivity index (χ0) is 6.85. The van der Waals surface area contributed by atoms with Crippen molar-refractivity contribution in [2.75, 3.05) is 6.54 Å². The van der Waals surface area contributed by atoms with E-state index in [0.717, 1.165) is 0 Å². The standard InChI is InChI=1S/C5H8N2OS/c1-3-2-6-4(8)5(9)7-3/h3H,2H2,1H3,(H,6,8)(H,7,9). The molecule has 1 fully saturated rings. The Balaban J connectivity index is 2.54. The first kappa shape index (κ1) is 6.48. The van der Waals surface area contributed by atoms with Gasteiger partial charge in [-0.15, -0.1) is 0 Å². The number of rotatable bonds is 0. The molecule has 4 heteroatoms. The molecule has 0 bridgehead atoms. The Morgan fingerprint density at radius 3 is 2.89 bits per heavy atom. The molecule has 1 heterocycles. The molecular formula is C5H8N2OS.